The lowest BCUT2D eigenvalue weighted by Gasteiger charge is -2.33. The molecule has 1 saturated carbocycles. The van der Waals surface area contributed by atoms with Crippen molar-refractivity contribution >= 4 is 11.6 Å². The molecule has 2 N–H and O–H groups in total. The summed E-state index contributed by atoms with van der Waals surface area (Å²) in [6.07, 6.45) is 2.98. The van der Waals surface area contributed by atoms with E-state index in [9.17, 15) is 4.79 Å². The van der Waals surface area contributed by atoms with Crippen LogP contribution in [0.2, 0.25) is 0 Å². The minimum Gasteiger partial charge on any atom is -0.477 e. The zero-order valence-corrected chi connectivity index (χ0v) is 12.8. The summed E-state index contributed by atoms with van der Waals surface area (Å²) in [6.45, 7) is 5.06. The molecule has 3 rings (SSSR count). The molecular formula is C17H24N2O2. The summed E-state index contributed by atoms with van der Waals surface area (Å²) in [5, 5.41) is 6.44. The molecule has 0 bridgehead atoms. The molecular weight excluding hydrogens is 264 g/mol. The Morgan fingerprint density at radius 3 is 2.67 bits per heavy atom. The molecule has 2 aliphatic rings. The van der Waals surface area contributed by atoms with Crippen molar-refractivity contribution in [2.75, 3.05) is 11.9 Å². The van der Waals surface area contributed by atoms with Crippen LogP contribution in [0.15, 0.2) is 24.3 Å². The van der Waals surface area contributed by atoms with Crippen molar-refractivity contribution in [3.63, 3.8) is 0 Å². The van der Waals surface area contributed by atoms with E-state index in [2.05, 4.69) is 24.5 Å². The molecule has 0 spiro atoms. The van der Waals surface area contributed by atoms with E-state index in [0.717, 1.165) is 24.3 Å². The van der Waals surface area contributed by atoms with Gasteiger partial charge >= 0.3 is 0 Å². The molecule has 4 heteroatoms. The van der Waals surface area contributed by atoms with Crippen molar-refractivity contribution in [3.8, 4) is 5.75 Å². The average molecular weight is 288 g/mol. The number of carbonyl (C=O) groups is 1. The summed E-state index contributed by atoms with van der Waals surface area (Å²) in [4.78, 5) is 12.4. The lowest BCUT2D eigenvalue weighted by molar-refractivity contribution is -0.128. The number of nitrogens with one attached hydrogen (secondary N) is 2. The number of carbonyl (C=O) groups excluding carboxylic acids is 1. The first-order chi connectivity index (χ1) is 10.1. The molecule has 1 heterocycles. The third kappa shape index (κ3) is 3.31. The molecule has 1 aromatic rings. The van der Waals surface area contributed by atoms with Crippen LogP contribution in [0.4, 0.5) is 5.69 Å². The quantitative estimate of drug-likeness (QED) is 0.880. The Kier molecular flexibility index (Phi) is 4.04. The highest BCUT2D eigenvalue weighted by molar-refractivity contribution is 5.83. The number of amides is 1. The van der Waals surface area contributed by atoms with Gasteiger partial charge in [-0.15, -0.1) is 0 Å². The summed E-state index contributed by atoms with van der Waals surface area (Å²) in [7, 11) is 0. The standard InChI is InChI=1S/C17H24N2O2/c1-11-7-12(2)9-13(8-11)19-17(20)16-10-18-14-5-3-4-6-15(14)21-16/h3-6,11-13,16,18H,7-10H2,1-2H3,(H,19,20). The molecule has 1 aliphatic carbocycles. The van der Waals surface area contributed by atoms with E-state index < -0.39 is 6.10 Å². The highest BCUT2D eigenvalue weighted by Gasteiger charge is 2.30. The molecule has 1 amide bonds. The van der Waals surface area contributed by atoms with E-state index >= 15 is 0 Å². The largest absolute Gasteiger partial charge is 0.477 e. The molecule has 3 atom stereocenters. The summed E-state index contributed by atoms with van der Waals surface area (Å²) >= 11 is 0. The maximum absolute atomic E-state index is 12.4. The predicted molar refractivity (Wildman–Crippen MR) is 83.5 cm³/mol. The second-order valence-corrected chi connectivity index (χ2v) is 6.61. The van der Waals surface area contributed by atoms with Gasteiger partial charge in [-0.05, 0) is 43.2 Å². The minimum atomic E-state index is -0.438. The maximum Gasteiger partial charge on any atom is 0.263 e. The monoisotopic (exact) mass is 288 g/mol. The number of para-hydroxylation sites is 2. The van der Waals surface area contributed by atoms with Gasteiger partial charge in [0.2, 0.25) is 0 Å². The Labute approximate surface area is 126 Å². The Morgan fingerprint density at radius 2 is 1.90 bits per heavy atom. The van der Waals surface area contributed by atoms with E-state index in [1.165, 1.54) is 6.42 Å². The Balaban J connectivity index is 1.59. The number of hydrogen-bond donors (Lipinski definition) is 2. The van der Waals surface area contributed by atoms with Gasteiger partial charge in [0.15, 0.2) is 6.10 Å². The maximum atomic E-state index is 12.4. The first-order valence-electron chi connectivity index (χ1n) is 7.91. The lowest BCUT2D eigenvalue weighted by Crippen LogP contribution is -2.49. The number of rotatable bonds is 2. The van der Waals surface area contributed by atoms with Gasteiger partial charge in [0.25, 0.3) is 5.91 Å². The topological polar surface area (TPSA) is 50.4 Å². The number of benzene rings is 1. The van der Waals surface area contributed by atoms with Crippen molar-refractivity contribution in [3.05, 3.63) is 24.3 Å². The van der Waals surface area contributed by atoms with Crippen molar-refractivity contribution in [2.45, 2.75) is 45.3 Å². The van der Waals surface area contributed by atoms with E-state index in [1.807, 2.05) is 24.3 Å². The van der Waals surface area contributed by atoms with Crippen LogP contribution < -0.4 is 15.4 Å². The average Bonchev–Trinajstić information content (AvgIpc) is 2.45. The van der Waals surface area contributed by atoms with Crippen molar-refractivity contribution in [2.24, 2.45) is 11.8 Å². The summed E-state index contributed by atoms with van der Waals surface area (Å²) in [5.74, 6) is 2.13. The van der Waals surface area contributed by atoms with Gasteiger partial charge in [0, 0.05) is 6.04 Å². The van der Waals surface area contributed by atoms with Crippen LogP contribution in [0.1, 0.15) is 33.1 Å². The molecule has 114 valence electrons. The van der Waals surface area contributed by atoms with Crippen LogP contribution in [0, 0.1) is 11.8 Å². The fourth-order valence-corrected chi connectivity index (χ4v) is 3.62. The van der Waals surface area contributed by atoms with Crippen LogP contribution in [-0.2, 0) is 4.79 Å². The van der Waals surface area contributed by atoms with Gasteiger partial charge in [0.05, 0.1) is 12.2 Å². The van der Waals surface area contributed by atoms with Crippen molar-refractivity contribution in [1.82, 2.24) is 5.32 Å². The Bertz CT molecular complexity index is 507. The number of ether oxygens (including phenoxy) is 1. The zero-order chi connectivity index (χ0) is 14.8. The van der Waals surface area contributed by atoms with E-state index in [0.29, 0.717) is 18.4 Å². The second kappa shape index (κ2) is 5.96. The number of fused-ring (bicyclic) bond motifs is 1. The number of hydrogen-bond acceptors (Lipinski definition) is 3. The molecule has 3 unspecified atom stereocenters. The normalized spacial score (nSPS) is 31.5. The zero-order valence-electron chi connectivity index (χ0n) is 12.8. The van der Waals surface area contributed by atoms with Crippen LogP contribution in [0.5, 0.6) is 5.75 Å². The highest BCUT2D eigenvalue weighted by Crippen LogP contribution is 2.30. The molecule has 0 aromatic heterocycles. The van der Waals surface area contributed by atoms with Crippen LogP contribution >= 0.6 is 0 Å². The van der Waals surface area contributed by atoms with Gasteiger partial charge in [-0.3, -0.25) is 4.79 Å². The first-order valence-corrected chi connectivity index (χ1v) is 7.91. The van der Waals surface area contributed by atoms with Gasteiger partial charge < -0.3 is 15.4 Å². The molecule has 0 saturated heterocycles. The van der Waals surface area contributed by atoms with Gasteiger partial charge in [0.1, 0.15) is 5.75 Å². The molecule has 1 fully saturated rings. The summed E-state index contributed by atoms with van der Waals surface area (Å²) in [5.41, 5.74) is 0.960. The van der Waals surface area contributed by atoms with E-state index in [-0.39, 0.29) is 11.9 Å². The minimum absolute atomic E-state index is 0.00306. The summed E-state index contributed by atoms with van der Waals surface area (Å²) in [6, 6.07) is 8.03. The second-order valence-electron chi connectivity index (χ2n) is 6.61. The van der Waals surface area contributed by atoms with Gasteiger partial charge in [-0.25, -0.2) is 0 Å². The Hall–Kier alpha value is -1.71. The van der Waals surface area contributed by atoms with E-state index in [4.69, 9.17) is 4.74 Å². The third-order valence-corrected chi connectivity index (χ3v) is 4.45. The van der Waals surface area contributed by atoms with Crippen LogP contribution in [0.25, 0.3) is 0 Å². The fraction of sp³-hybridized carbons (Fsp3) is 0.588. The first kappa shape index (κ1) is 14.2. The van der Waals surface area contributed by atoms with Crippen molar-refractivity contribution in [1.29, 1.82) is 0 Å². The van der Waals surface area contributed by atoms with E-state index in [1.54, 1.807) is 0 Å². The SMILES string of the molecule is CC1CC(C)CC(NC(=O)C2CNc3ccccc3O2)C1. The molecule has 4 nitrogen and oxygen atoms in total. The third-order valence-electron chi connectivity index (χ3n) is 4.45. The smallest absolute Gasteiger partial charge is 0.263 e. The lowest BCUT2D eigenvalue weighted by atomic mass is 9.80. The molecule has 0 radical (unpaired) electrons. The molecule has 1 aliphatic heterocycles. The van der Waals surface area contributed by atoms with Crippen LogP contribution in [0.3, 0.4) is 0 Å². The van der Waals surface area contributed by atoms with Gasteiger partial charge in [-0.1, -0.05) is 26.0 Å². The van der Waals surface area contributed by atoms with Crippen LogP contribution in [-0.4, -0.2) is 24.6 Å². The highest BCUT2D eigenvalue weighted by atomic mass is 16.5. The predicted octanol–water partition coefficient (Wildman–Crippen LogP) is 2.80. The molecule has 1 aromatic carbocycles. The fourth-order valence-electron chi connectivity index (χ4n) is 3.62. The molecule has 21 heavy (non-hydrogen) atoms. The Morgan fingerprint density at radius 1 is 1.19 bits per heavy atom. The van der Waals surface area contributed by atoms with Gasteiger partial charge in [-0.2, -0.15) is 0 Å². The van der Waals surface area contributed by atoms with Crippen molar-refractivity contribution < 1.29 is 9.53 Å². The number of anilines is 1. The summed E-state index contributed by atoms with van der Waals surface area (Å²) < 4.78 is 5.81.